The van der Waals surface area contributed by atoms with Crippen LogP contribution in [0.5, 0.6) is 0 Å². The third kappa shape index (κ3) is 3.33. The highest BCUT2D eigenvalue weighted by Gasteiger charge is 2.28. The summed E-state index contributed by atoms with van der Waals surface area (Å²) in [7, 11) is 0. The zero-order chi connectivity index (χ0) is 18.1. The van der Waals surface area contributed by atoms with Crippen molar-refractivity contribution in [2.45, 2.75) is 51.1 Å². The number of rotatable bonds is 2. The summed E-state index contributed by atoms with van der Waals surface area (Å²) in [6.45, 7) is 1.08. The molecule has 2 aliphatic rings. The van der Waals surface area contributed by atoms with E-state index in [0.717, 1.165) is 54.8 Å². The summed E-state index contributed by atoms with van der Waals surface area (Å²) in [5, 5.41) is 10.00. The molecule has 136 valence electrons. The van der Waals surface area contributed by atoms with Gasteiger partial charge >= 0.3 is 0 Å². The molecule has 3 heterocycles. The molecule has 1 aliphatic heterocycles. The number of fused-ring (bicyclic) bond motifs is 1. The van der Waals surface area contributed by atoms with Gasteiger partial charge in [0.1, 0.15) is 23.6 Å². The van der Waals surface area contributed by atoms with Crippen LogP contribution in [-0.2, 0) is 12.8 Å². The molecule has 1 fully saturated rings. The van der Waals surface area contributed by atoms with Gasteiger partial charge in [-0.2, -0.15) is 5.26 Å². The molecule has 26 heavy (non-hydrogen) atoms. The number of nitrogens with zero attached hydrogens (tertiary/aromatic N) is 3. The van der Waals surface area contributed by atoms with Gasteiger partial charge in [-0.25, -0.2) is 9.37 Å². The van der Waals surface area contributed by atoms with E-state index in [4.69, 9.17) is 16.6 Å². The Morgan fingerprint density at radius 2 is 2.08 bits per heavy atom. The molecule has 2 aromatic rings. The highest BCUT2D eigenvalue weighted by Crippen LogP contribution is 2.41. The molecule has 0 N–H and O–H groups in total. The fourth-order valence-electron chi connectivity index (χ4n) is 4.08. The predicted octanol–water partition coefficient (Wildman–Crippen LogP) is 5.54. The lowest BCUT2D eigenvalue weighted by atomic mass is 9.95. The summed E-state index contributed by atoms with van der Waals surface area (Å²) in [5.41, 5.74) is 3.83. The van der Waals surface area contributed by atoms with Crippen LogP contribution in [0.4, 0.5) is 10.2 Å². The van der Waals surface area contributed by atoms with Gasteiger partial charge in [0.05, 0.1) is 10.9 Å². The first kappa shape index (κ1) is 17.8. The first-order chi connectivity index (χ1) is 12.7. The molecule has 2 aromatic heterocycles. The van der Waals surface area contributed by atoms with Crippen molar-refractivity contribution in [2.75, 3.05) is 18.0 Å². The van der Waals surface area contributed by atoms with E-state index in [-0.39, 0.29) is 0 Å². The van der Waals surface area contributed by atoms with Gasteiger partial charge in [-0.05, 0) is 56.2 Å². The predicted molar refractivity (Wildman–Crippen MR) is 105 cm³/mol. The molecule has 6 heteroatoms. The van der Waals surface area contributed by atoms with Gasteiger partial charge < -0.3 is 4.90 Å². The van der Waals surface area contributed by atoms with Crippen LogP contribution in [-0.4, -0.2) is 24.2 Å². The normalized spacial score (nSPS) is 20.3. The van der Waals surface area contributed by atoms with Crippen molar-refractivity contribution in [3.8, 4) is 16.5 Å². The van der Waals surface area contributed by atoms with Crippen LogP contribution in [0.15, 0.2) is 12.1 Å². The molecule has 4 rings (SSSR count). The zero-order valence-electron chi connectivity index (χ0n) is 14.6. The fraction of sp³-hybridized carbons (Fsp3) is 0.500. The van der Waals surface area contributed by atoms with Crippen molar-refractivity contribution in [1.29, 1.82) is 5.26 Å². The maximum atomic E-state index is 14.0. The van der Waals surface area contributed by atoms with Crippen molar-refractivity contribution >= 4 is 28.8 Å². The maximum absolute atomic E-state index is 14.0. The van der Waals surface area contributed by atoms with E-state index in [1.807, 2.05) is 17.0 Å². The third-order valence-electron chi connectivity index (χ3n) is 5.30. The Morgan fingerprint density at radius 1 is 1.23 bits per heavy atom. The van der Waals surface area contributed by atoms with Gasteiger partial charge in [0, 0.05) is 22.7 Å². The van der Waals surface area contributed by atoms with Crippen LogP contribution in [0, 0.1) is 11.3 Å². The van der Waals surface area contributed by atoms with Gasteiger partial charge in [-0.3, -0.25) is 0 Å². The molecule has 0 bridgehead atoms. The van der Waals surface area contributed by atoms with E-state index in [0.29, 0.717) is 28.7 Å². The van der Waals surface area contributed by atoms with Gasteiger partial charge in [0.15, 0.2) is 0 Å². The molecule has 1 unspecified atom stereocenters. The Morgan fingerprint density at radius 3 is 2.81 bits per heavy atom. The lowest BCUT2D eigenvalue weighted by Crippen LogP contribution is -2.37. The Kier molecular flexibility index (Phi) is 5.15. The van der Waals surface area contributed by atoms with Gasteiger partial charge in [-0.1, -0.05) is 18.0 Å². The minimum atomic E-state index is -0.851. The number of piperidine rings is 1. The minimum Gasteiger partial charge on any atom is -0.353 e. The largest absolute Gasteiger partial charge is 0.353 e. The molecule has 0 amide bonds. The maximum Gasteiger partial charge on any atom is 0.147 e. The number of anilines is 1. The van der Waals surface area contributed by atoms with Crippen LogP contribution in [0.3, 0.4) is 0 Å². The molecular weight excluding hydrogens is 369 g/mol. The first-order valence-electron chi connectivity index (χ1n) is 9.28. The van der Waals surface area contributed by atoms with E-state index >= 15 is 0 Å². The van der Waals surface area contributed by atoms with Gasteiger partial charge in [0.2, 0.25) is 0 Å². The minimum absolute atomic E-state index is 0.325. The van der Waals surface area contributed by atoms with E-state index in [2.05, 4.69) is 6.07 Å². The number of hydrogen-bond acceptors (Lipinski definition) is 4. The molecule has 1 aliphatic carbocycles. The Bertz CT molecular complexity index is 857. The number of pyridine rings is 1. The molecule has 0 spiro atoms. The van der Waals surface area contributed by atoms with Crippen molar-refractivity contribution < 1.29 is 4.39 Å². The second-order valence-corrected chi connectivity index (χ2v) is 8.79. The molecule has 3 nitrogen and oxygen atoms in total. The van der Waals surface area contributed by atoms with Crippen molar-refractivity contribution in [2.24, 2.45) is 0 Å². The van der Waals surface area contributed by atoms with Crippen LogP contribution in [0.2, 0.25) is 4.34 Å². The number of halogens is 2. The van der Waals surface area contributed by atoms with Crippen LogP contribution < -0.4 is 4.90 Å². The van der Waals surface area contributed by atoms with Gasteiger partial charge in [0.25, 0.3) is 0 Å². The van der Waals surface area contributed by atoms with E-state index < -0.39 is 6.17 Å². The molecule has 0 radical (unpaired) electrons. The number of aromatic nitrogens is 1. The summed E-state index contributed by atoms with van der Waals surface area (Å²) in [4.78, 5) is 7.89. The van der Waals surface area contributed by atoms with E-state index in [1.54, 1.807) is 0 Å². The van der Waals surface area contributed by atoms with Crippen LogP contribution >= 0.6 is 22.9 Å². The van der Waals surface area contributed by atoms with Crippen molar-refractivity contribution in [3.05, 3.63) is 33.3 Å². The molecule has 1 saturated heterocycles. The fourth-order valence-corrected chi connectivity index (χ4v) is 5.20. The van der Waals surface area contributed by atoms with Crippen molar-refractivity contribution in [1.82, 2.24) is 4.98 Å². The van der Waals surface area contributed by atoms with E-state index in [1.165, 1.54) is 23.3 Å². The lowest BCUT2D eigenvalue weighted by molar-refractivity contribution is 0.286. The first-order valence-corrected chi connectivity index (χ1v) is 10.5. The SMILES string of the molecule is N#Cc1c(N2CCCC(F)C2)nc2c(c1-c1ccc(Cl)s1)CCCCC2. The summed E-state index contributed by atoms with van der Waals surface area (Å²) < 4.78 is 14.7. The smallest absolute Gasteiger partial charge is 0.147 e. The summed E-state index contributed by atoms with van der Waals surface area (Å²) >= 11 is 7.69. The number of thiophene rings is 1. The second kappa shape index (κ2) is 7.54. The topological polar surface area (TPSA) is 39.9 Å². The highest BCUT2D eigenvalue weighted by atomic mass is 35.5. The molecule has 1 atom stereocenters. The Hall–Kier alpha value is -1.64. The summed E-state index contributed by atoms with van der Waals surface area (Å²) in [6.07, 6.45) is 5.80. The standard InChI is InChI=1S/C20H21ClFN3S/c21-18-9-8-17(26-18)19-14-6-2-1-3-7-16(14)24-20(15(19)11-23)25-10-4-5-13(22)12-25/h8-9,13H,1-7,10,12H2. The second-order valence-electron chi connectivity index (χ2n) is 7.07. The van der Waals surface area contributed by atoms with Crippen LogP contribution in [0.1, 0.15) is 48.9 Å². The molecule has 0 saturated carbocycles. The van der Waals surface area contributed by atoms with E-state index in [9.17, 15) is 9.65 Å². The lowest BCUT2D eigenvalue weighted by Gasteiger charge is -2.32. The van der Waals surface area contributed by atoms with Crippen molar-refractivity contribution in [3.63, 3.8) is 0 Å². The average molecular weight is 390 g/mol. The summed E-state index contributed by atoms with van der Waals surface area (Å²) in [5.74, 6) is 0.662. The number of nitriles is 1. The number of aryl methyl sites for hydroxylation is 1. The monoisotopic (exact) mass is 389 g/mol. The third-order valence-corrected chi connectivity index (χ3v) is 6.55. The Labute approximate surface area is 162 Å². The summed E-state index contributed by atoms with van der Waals surface area (Å²) in [6, 6.07) is 6.26. The zero-order valence-corrected chi connectivity index (χ0v) is 16.2. The Balaban J connectivity index is 1.92. The molecule has 0 aromatic carbocycles. The molecular formula is C20H21ClFN3S. The number of hydrogen-bond donors (Lipinski definition) is 0. The van der Waals surface area contributed by atoms with Crippen LogP contribution in [0.25, 0.3) is 10.4 Å². The average Bonchev–Trinajstić information content (AvgIpc) is 2.93. The van der Waals surface area contributed by atoms with Gasteiger partial charge in [-0.15, -0.1) is 11.3 Å². The quantitative estimate of drug-likeness (QED) is 0.633. The number of alkyl halides is 1. The highest BCUT2D eigenvalue weighted by molar-refractivity contribution is 7.19.